The molecule has 5 aromatic rings. The number of aryl methyl sites for hydroxylation is 1. The third kappa shape index (κ3) is 11.5. The van der Waals surface area contributed by atoms with Crippen LogP contribution in [0.25, 0.3) is 0 Å². The topological polar surface area (TPSA) is 198 Å². The summed E-state index contributed by atoms with van der Waals surface area (Å²) in [4.78, 5) is 57.9. The van der Waals surface area contributed by atoms with Gasteiger partial charge in [0.15, 0.2) is 16.7 Å². The molecule has 5 aromatic carbocycles. The molecule has 0 bridgehead atoms. The molecule has 0 saturated heterocycles. The second-order valence-electron chi connectivity index (χ2n) is 20.2. The molecular formula is C57H63N3O12S3. The van der Waals surface area contributed by atoms with Crippen molar-refractivity contribution in [3.05, 3.63) is 141 Å². The molecule has 4 aliphatic rings. The fourth-order valence-corrected chi connectivity index (χ4v) is 14.3. The lowest BCUT2D eigenvalue weighted by Crippen LogP contribution is -2.43. The summed E-state index contributed by atoms with van der Waals surface area (Å²) in [5.74, 6) is 0.342. The van der Waals surface area contributed by atoms with Gasteiger partial charge in [0.05, 0.1) is 38.5 Å². The van der Waals surface area contributed by atoms with Crippen LogP contribution in [0.3, 0.4) is 0 Å². The van der Waals surface area contributed by atoms with Gasteiger partial charge in [-0.15, -0.1) is 0 Å². The lowest BCUT2D eigenvalue weighted by atomic mass is 9.96. The van der Waals surface area contributed by atoms with Crippen molar-refractivity contribution in [2.75, 3.05) is 35.1 Å². The van der Waals surface area contributed by atoms with Crippen LogP contribution in [0.4, 0.5) is 17.1 Å². The number of anilines is 3. The first-order valence-corrected chi connectivity index (χ1v) is 29.0. The van der Waals surface area contributed by atoms with Crippen molar-refractivity contribution in [2.24, 2.45) is 0 Å². The standard InChI is InChI=1S/C57H63N3O12S3/c1-7-41(61)16-18-57(3,4)74-73-19-17-53(75(67,68)70-6)54(64)58-40-22-34(31-71-50-28-38-26-48(62)46-24-36-12-8-10-14-44(36)59(46)55(65)42(38)20-33(50)2)21-35(23-40)32-72-52-29-39-27-49(63)47-25-37-13-9-11-15-45(37)60(47)56(66)43(39)30-51(52)69-5/h8-15,20-23,28-30,46-49,53,62-63H,7,16-19,24-27,31-32H2,1-6H3,(H,58,64)/t46-,47-,48?,49?,53?/m0/s1. The van der Waals surface area contributed by atoms with Gasteiger partial charge in [0.25, 0.3) is 21.9 Å². The minimum atomic E-state index is -4.35. The number of aliphatic hydroxyl groups is 2. The van der Waals surface area contributed by atoms with Crippen molar-refractivity contribution in [1.29, 1.82) is 0 Å². The number of hydrogen-bond donors (Lipinski definition) is 3. The number of methoxy groups -OCH3 is 1. The van der Waals surface area contributed by atoms with Crippen molar-refractivity contribution in [3.8, 4) is 17.2 Å². The Kier molecular flexibility index (Phi) is 16.1. The van der Waals surface area contributed by atoms with E-state index in [0.29, 0.717) is 94.0 Å². The number of fused-ring (bicyclic) bond motifs is 8. The molecule has 4 aliphatic heterocycles. The summed E-state index contributed by atoms with van der Waals surface area (Å²) >= 11 is 0. The first-order valence-electron chi connectivity index (χ1n) is 25.2. The van der Waals surface area contributed by atoms with Gasteiger partial charge in [-0.2, -0.15) is 8.42 Å². The zero-order valence-corrected chi connectivity index (χ0v) is 45.4. The monoisotopic (exact) mass is 1080 g/mol. The number of ketones is 1. The van der Waals surface area contributed by atoms with Crippen LogP contribution >= 0.6 is 21.6 Å². The van der Waals surface area contributed by atoms with Gasteiger partial charge in [0.2, 0.25) is 5.91 Å². The Morgan fingerprint density at radius 1 is 0.747 bits per heavy atom. The predicted octanol–water partition coefficient (Wildman–Crippen LogP) is 8.73. The number of carbonyl (C=O) groups is 4. The summed E-state index contributed by atoms with van der Waals surface area (Å²) in [7, 11) is 1.12. The highest BCUT2D eigenvalue weighted by Crippen LogP contribution is 2.43. The van der Waals surface area contributed by atoms with Gasteiger partial charge in [0, 0.05) is 64.4 Å². The number of amides is 3. The van der Waals surface area contributed by atoms with E-state index in [1.54, 1.807) is 46.2 Å². The van der Waals surface area contributed by atoms with Crippen molar-refractivity contribution in [1.82, 2.24) is 0 Å². The van der Waals surface area contributed by atoms with E-state index in [2.05, 4.69) is 5.32 Å². The van der Waals surface area contributed by atoms with Gasteiger partial charge in [0.1, 0.15) is 24.7 Å². The van der Waals surface area contributed by atoms with Crippen molar-refractivity contribution in [2.45, 2.75) is 127 Å². The van der Waals surface area contributed by atoms with Gasteiger partial charge < -0.3 is 39.5 Å². The SMILES string of the molecule is CCC(=O)CCC(C)(C)SSCCC(C(=O)Nc1cc(COc2cc3c(cc2C)C(=O)N2c4ccccc4C[C@H]2C(O)C3)cc(COc2cc3c(cc2OC)C(=O)N2c4ccccc4C[C@H]2C(O)C3)c1)S(=O)(=O)OC. The van der Waals surface area contributed by atoms with Crippen LogP contribution in [-0.4, -0.2) is 96.4 Å². The van der Waals surface area contributed by atoms with Crippen molar-refractivity contribution < 1.29 is 56.2 Å². The average molecular weight is 1080 g/mol. The number of rotatable bonds is 20. The second kappa shape index (κ2) is 22.4. The normalized spacial score (nSPS) is 19.1. The van der Waals surface area contributed by atoms with Gasteiger partial charge in [-0.05, 0) is 140 Å². The fraction of sp³-hybridized carbons (Fsp3) is 0.404. The van der Waals surface area contributed by atoms with E-state index in [0.717, 1.165) is 29.6 Å². The first kappa shape index (κ1) is 53.9. The molecule has 396 valence electrons. The van der Waals surface area contributed by atoms with E-state index in [9.17, 15) is 37.8 Å². The number of nitrogens with zero attached hydrogens (tertiary/aromatic N) is 2. The van der Waals surface area contributed by atoms with E-state index in [4.69, 9.17) is 18.4 Å². The summed E-state index contributed by atoms with van der Waals surface area (Å²) in [6.45, 7) is 7.64. The number of nitrogens with one attached hydrogen (secondary N) is 1. The number of ether oxygens (including phenoxy) is 3. The van der Waals surface area contributed by atoms with E-state index < -0.39 is 45.6 Å². The second-order valence-corrected chi connectivity index (χ2v) is 25.2. The first-order chi connectivity index (χ1) is 35.9. The zero-order chi connectivity index (χ0) is 53.3. The summed E-state index contributed by atoms with van der Waals surface area (Å²) < 4.78 is 50.1. The summed E-state index contributed by atoms with van der Waals surface area (Å²) in [5, 5.41) is 24.3. The van der Waals surface area contributed by atoms with Crippen LogP contribution < -0.4 is 29.3 Å². The Hall–Kier alpha value is -5.89. The Labute approximate surface area is 446 Å². The minimum absolute atomic E-state index is 0.0226. The number of carbonyl (C=O) groups excluding carboxylic acids is 4. The highest BCUT2D eigenvalue weighted by molar-refractivity contribution is 8.77. The van der Waals surface area contributed by atoms with Crippen LogP contribution in [0.5, 0.6) is 17.2 Å². The minimum Gasteiger partial charge on any atom is -0.493 e. The lowest BCUT2D eigenvalue weighted by Gasteiger charge is -2.26. The van der Waals surface area contributed by atoms with Crippen LogP contribution in [-0.2, 0) is 62.8 Å². The molecule has 0 aromatic heterocycles. The third-order valence-corrected chi connectivity index (χ3v) is 19.6. The Bertz CT molecular complexity index is 3150. The molecule has 3 unspecified atom stereocenters. The highest BCUT2D eigenvalue weighted by atomic mass is 33.1. The molecule has 0 spiro atoms. The summed E-state index contributed by atoms with van der Waals surface area (Å²) in [6.07, 6.45) is 1.36. The number of aliphatic hydroxyl groups excluding tert-OH is 2. The van der Waals surface area contributed by atoms with Crippen LogP contribution in [0.2, 0.25) is 0 Å². The number of hydrogen-bond acceptors (Lipinski definition) is 14. The van der Waals surface area contributed by atoms with Crippen molar-refractivity contribution in [3.63, 3.8) is 0 Å². The van der Waals surface area contributed by atoms with Gasteiger partial charge in [-0.1, -0.05) is 64.9 Å². The van der Waals surface area contributed by atoms with Gasteiger partial charge >= 0.3 is 0 Å². The summed E-state index contributed by atoms with van der Waals surface area (Å²) in [6, 6.07) is 26.6. The maximum absolute atomic E-state index is 14.2. The Balaban J connectivity index is 0.977. The predicted molar refractivity (Wildman–Crippen MR) is 292 cm³/mol. The molecule has 0 aliphatic carbocycles. The van der Waals surface area contributed by atoms with Crippen LogP contribution in [0.1, 0.15) is 106 Å². The molecule has 9 rings (SSSR count). The van der Waals surface area contributed by atoms with Crippen LogP contribution in [0, 0.1) is 6.92 Å². The molecule has 3 N–H and O–H groups in total. The van der Waals surface area contributed by atoms with Gasteiger partial charge in [-0.3, -0.25) is 23.4 Å². The third-order valence-electron chi connectivity index (χ3n) is 14.6. The number of Topliss-reactive ketones (excluding diaryl/α,β-unsaturated/α-hetero) is 1. The fourth-order valence-electron chi connectivity index (χ4n) is 10.5. The largest absolute Gasteiger partial charge is 0.493 e. The maximum Gasteiger partial charge on any atom is 0.279 e. The molecule has 0 saturated carbocycles. The molecule has 3 amide bonds. The maximum atomic E-state index is 14.2. The molecule has 0 fully saturated rings. The smallest absolute Gasteiger partial charge is 0.279 e. The Morgan fingerprint density at radius 3 is 1.85 bits per heavy atom. The quantitative estimate of drug-likeness (QED) is 0.0380. The Morgan fingerprint density at radius 2 is 1.29 bits per heavy atom. The molecule has 4 heterocycles. The highest BCUT2D eigenvalue weighted by Gasteiger charge is 2.44. The molecule has 0 radical (unpaired) electrons. The van der Waals surface area contributed by atoms with E-state index in [1.807, 2.05) is 82.3 Å². The molecule has 18 heteroatoms. The molecule has 15 nitrogen and oxygen atoms in total. The lowest BCUT2D eigenvalue weighted by molar-refractivity contribution is -0.119. The van der Waals surface area contributed by atoms with Crippen LogP contribution in [0.15, 0.2) is 91.0 Å². The zero-order valence-electron chi connectivity index (χ0n) is 42.9. The number of benzene rings is 5. The van der Waals surface area contributed by atoms with Gasteiger partial charge in [-0.25, -0.2) is 0 Å². The van der Waals surface area contributed by atoms with E-state index in [1.165, 1.54) is 28.7 Å². The van der Waals surface area contributed by atoms with Crippen molar-refractivity contribution >= 4 is 72.3 Å². The van der Waals surface area contributed by atoms with E-state index in [-0.39, 0.29) is 60.5 Å². The molecule has 75 heavy (non-hydrogen) atoms. The molecule has 5 atom stereocenters. The molecular weight excluding hydrogens is 1010 g/mol. The van der Waals surface area contributed by atoms with E-state index >= 15 is 0 Å². The number of para-hydroxylation sites is 2. The summed E-state index contributed by atoms with van der Waals surface area (Å²) in [5.41, 5.74) is 7.81. The average Bonchev–Trinajstić information content (AvgIpc) is 3.95.